The number of hydrogen-bond donors (Lipinski definition) is 2. The van der Waals surface area contributed by atoms with Gasteiger partial charge in [0.2, 0.25) is 0 Å². The van der Waals surface area contributed by atoms with Gasteiger partial charge in [-0.3, -0.25) is 0 Å². The maximum Gasteiger partial charge on any atom is 0.338 e. The summed E-state index contributed by atoms with van der Waals surface area (Å²) in [5, 5.41) is 7.34. The van der Waals surface area contributed by atoms with Crippen molar-refractivity contribution in [3.63, 3.8) is 0 Å². The van der Waals surface area contributed by atoms with Crippen molar-refractivity contribution in [3.8, 4) is 0 Å². The third-order valence-electron chi connectivity index (χ3n) is 4.93. The first-order valence-corrected chi connectivity index (χ1v) is 8.87. The van der Waals surface area contributed by atoms with Crippen molar-refractivity contribution < 1.29 is 9.53 Å². The Morgan fingerprint density at radius 1 is 1.35 bits per heavy atom. The van der Waals surface area contributed by atoms with Gasteiger partial charge in [0.05, 0.1) is 23.5 Å². The van der Waals surface area contributed by atoms with E-state index >= 15 is 0 Å². The van der Waals surface area contributed by atoms with Gasteiger partial charge in [-0.1, -0.05) is 12.8 Å². The summed E-state index contributed by atoms with van der Waals surface area (Å²) in [5.74, 6) is -0.227. The summed E-state index contributed by atoms with van der Waals surface area (Å²) < 4.78 is 5.20. The zero-order valence-electron chi connectivity index (χ0n) is 14.5. The van der Waals surface area contributed by atoms with Gasteiger partial charge >= 0.3 is 5.97 Å². The molecule has 2 aliphatic rings. The summed E-state index contributed by atoms with van der Waals surface area (Å²) in [6.45, 7) is 6.72. The number of fused-ring (bicyclic) bond motifs is 1. The average Bonchev–Trinajstić information content (AvgIpc) is 3.00. The van der Waals surface area contributed by atoms with Crippen LogP contribution in [0, 0.1) is 0 Å². The third kappa shape index (κ3) is 3.62. The summed E-state index contributed by atoms with van der Waals surface area (Å²) in [4.78, 5) is 12.2. The van der Waals surface area contributed by atoms with Gasteiger partial charge in [0.1, 0.15) is 0 Å². The monoisotopic (exact) mass is 316 g/mol. The van der Waals surface area contributed by atoms with Gasteiger partial charge in [-0.2, -0.15) is 0 Å². The number of esters is 1. The second-order valence-corrected chi connectivity index (χ2v) is 7.41. The van der Waals surface area contributed by atoms with Gasteiger partial charge in [0.25, 0.3) is 0 Å². The Morgan fingerprint density at radius 2 is 2.09 bits per heavy atom. The second-order valence-electron chi connectivity index (χ2n) is 7.41. The Morgan fingerprint density at radius 3 is 2.78 bits per heavy atom. The molecule has 0 atom stereocenters. The summed E-state index contributed by atoms with van der Waals surface area (Å²) in [7, 11) is 0. The summed E-state index contributed by atoms with van der Waals surface area (Å²) in [6, 6.07) is 4.47. The van der Waals surface area contributed by atoms with Crippen LogP contribution in [0.3, 0.4) is 0 Å². The first-order chi connectivity index (χ1) is 11.0. The second kappa shape index (κ2) is 6.42. The van der Waals surface area contributed by atoms with Gasteiger partial charge < -0.3 is 15.4 Å². The summed E-state index contributed by atoms with van der Waals surface area (Å²) >= 11 is 0. The fourth-order valence-corrected chi connectivity index (χ4v) is 3.63. The van der Waals surface area contributed by atoms with Crippen LogP contribution in [0.1, 0.15) is 68.8 Å². The molecule has 1 aromatic rings. The molecule has 1 fully saturated rings. The highest BCUT2D eigenvalue weighted by atomic mass is 16.5. The van der Waals surface area contributed by atoms with E-state index in [9.17, 15) is 4.79 Å². The van der Waals surface area contributed by atoms with Crippen LogP contribution in [0.4, 0.5) is 11.4 Å². The number of benzene rings is 1. The first kappa shape index (κ1) is 16.2. The standard InChI is InChI=1S/C19H28N2O2/c1-4-23-18(22)14-11-13-9-10-19(2,3)21-17(13)16(12-14)20-15-7-5-6-8-15/h11-12,15,20-21H,4-10H2,1-3H3. The molecule has 1 saturated carbocycles. The molecule has 1 aromatic carbocycles. The maximum absolute atomic E-state index is 12.2. The molecule has 1 aliphatic carbocycles. The molecule has 23 heavy (non-hydrogen) atoms. The van der Waals surface area contributed by atoms with E-state index in [0.29, 0.717) is 18.2 Å². The van der Waals surface area contributed by atoms with E-state index in [4.69, 9.17) is 4.74 Å². The highest BCUT2D eigenvalue weighted by Crippen LogP contribution is 2.38. The first-order valence-electron chi connectivity index (χ1n) is 8.87. The lowest BCUT2D eigenvalue weighted by atomic mass is 9.88. The van der Waals surface area contributed by atoms with E-state index in [-0.39, 0.29) is 11.5 Å². The van der Waals surface area contributed by atoms with Gasteiger partial charge in [0.15, 0.2) is 0 Å². The van der Waals surface area contributed by atoms with Crippen LogP contribution >= 0.6 is 0 Å². The van der Waals surface area contributed by atoms with Crippen molar-refractivity contribution in [1.82, 2.24) is 0 Å². The van der Waals surface area contributed by atoms with Crippen LogP contribution < -0.4 is 10.6 Å². The van der Waals surface area contributed by atoms with Crippen LogP contribution in [-0.4, -0.2) is 24.2 Å². The van der Waals surface area contributed by atoms with Crippen LogP contribution in [-0.2, 0) is 11.2 Å². The van der Waals surface area contributed by atoms with Crippen molar-refractivity contribution >= 4 is 17.3 Å². The third-order valence-corrected chi connectivity index (χ3v) is 4.93. The van der Waals surface area contributed by atoms with Crippen molar-refractivity contribution in [2.45, 2.75) is 70.9 Å². The largest absolute Gasteiger partial charge is 0.462 e. The molecule has 1 heterocycles. The predicted molar refractivity (Wildman–Crippen MR) is 94.3 cm³/mol. The lowest BCUT2D eigenvalue weighted by Crippen LogP contribution is -2.36. The number of ether oxygens (including phenoxy) is 1. The molecule has 0 amide bonds. The summed E-state index contributed by atoms with van der Waals surface area (Å²) in [6.07, 6.45) is 7.05. The minimum atomic E-state index is -0.227. The van der Waals surface area contributed by atoms with Crippen molar-refractivity contribution in [1.29, 1.82) is 0 Å². The van der Waals surface area contributed by atoms with Gasteiger partial charge in [-0.25, -0.2) is 4.79 Å². The highest BCUT2D eigenvalue weighted by Gasteiger charge is 2.28. The number of aryl methyl sites for hydroxylation is 1. The quantitative estimate of drug-likeness (QED) is 0.811. The van der Waals surface area contributed by atoms with E-state index < -0.39 is 0 Å². The molecule has 2 N–H and O–H groups in total. The van der Waals surface area contributed by atoms with Gasteiger partial charge in [-0.15, -0.1) is 0 Å². The van der Waals surface area contributed by atoms with Gasteiger partial charge in [-0.05, 0) is 64.2 Å². The Balaban J connectivity index is 1.95. The molecule has 0 spiro atoms. The number of nitrogens with one attached hydrogen (secondary N) is 2. The molecular formula is C19H28N2O2. The lowest BCUT2D eigenvalue weighted by molar-refractivity contribution is 0.0526. The molecule has 0 unspecified atom stereocenters. The minimum Gasteiger partial charge on any atom is -0.462 e. The van der Waals surface area contributed by atoms with Crippen LogP contribution in [0.2, 0.25) is 0 Å². The normalized spacial score (nSPS) is 19.8. The molecule has 4 heteroatoms. The van der Waals surface area contributed by atoms with E-state index in [1.165, 1.54) is 36.9 Å². The van der Waals surface area contributed by atoms with E-state index in [1.807, 2.05) is 19.1 Å². The fourth-order valence-electron chi connectivity index (χ4n) is 3.63. The van der Waals surface area contributed by atoms with E-state index in [0.717, 1.165) is 18.5 Å². The maximum atomic E-state index is 12.2. The molecule has 3 rings (SSSR count). The zero-order valence-corrected chi connectivity index (χ0v) is 14.5. The Kier molecular flexibility index (Phi) is 4.51. The molecule has 0 radical (unpaired) electrons. The van der Waals surface area contributed by atoms with Crippen LogP contribution in [0.25, 0.3) is 0 Å². The van der Waals surface area contributed by atoms with Crippen LogP contribution in [0.15, 0.2) is 12.1 Å². The fraction of sp³-hybridized carbons (Fsp3) is 0.632. The van der Waals surface area contributed by atoms with Crippen molar-refractivity contribution in [2.75, 3.05) is 17.2 Å². The molecular weight excluding hydrogens is 288 g/mol. The summed E-state index contributed by atoms with van der Waals surface area (Å²) in [5.41, 5.74) is 4.19. The molecule has 0 bridgehead atoms. The Hall–Kier alpha value is -1.71. The van der Waals surface area contributed by atoms with Crippen molar-refractivity contribution in [2.24, 2.45) is 0 Å². The zero-order chi connectivity index (χ0) is 16.4. The molecule has 4 nitrogen and oxygen atoms in total. The number of carbonyl (C=O) groups is 1. The Bertz CT molecular complexity index is 589. The topological polar surface area (TPSA) is 50.4 Å². The highest BCUT2D eigenvalue weighted by molar-refractivity contribution is 5.93. The minimum absolute atomic E-state index is 0.0878. The predicted octanol–water partition coefficient (Wildman–Crippen LogP) is 4.35. The average molecular weight is 316 g/mol. The van der Waals surface area contributed by atoms with Crippen LogP contribution in [0.5, 0.6) is 0 Å². The molecule has 0 aromatic heterocycles. The van der Waals surface area contributed by atoms with E-state index in [2.05, 4.69) is 24.5 Å². The molecule has 0 saturated heterocycles. The number of rotatable bonds is 4. The smallest absolute Gasteiger partial charge is 0.338 e. The van der Waals surface area contributed by atoms with Gasteiger partial charge in [0, 0.05) is 11.6 Å². The van der Waals surface area contributed by atoms with E-state index in [1.54, 1.807) is 0 Å². The van der Waals surface area contributed by atoms with Crippen molar-refractivity contribution in [3.05, 3.63) is 23.3 Å². The SMILES string of the molecule is CCOC(=O)c1cc2c(c(NC3CCCC3)c1)NC(C)(C)CC2. The Labute approximate surface area is 139 Å². The molecule has 126 valence electrons. The molecule has 1 aliphatic heterocycles. The number of anilines is 2. The lowest BCUT2D eigenvalue weighted by Gasteiger charge is -2.36. The number of carbonyl (C=O) groups excluding carboxylic acids is 1. The number of hydrogen-bond acceptors (Lipinski definition) is 4.